The molecule has 1 aromatic carbocycles. The molecule has 4 nitrogen and oxygen atoms in total. The highest BCUT2D eigenvalue weighted by atomic mass is 35.5. The normalized spacial score (nSPS) is 19.9. The van der Waals surface area contributed by atoms with Crippen LogP contribution in [-0.4, -0.2) is 50.2 Å². The van der Waals surface area contributed by atoms with Crippen LogP contribution in [-0.2, 0) is 4.74 Å². The molecule has 0 bridgehead atoms. The Hall–Kier alpha value is -1.10. The van der Waals surface area contributed by atoms with Gasteiger partial charge in [0.15, 0.2) is 0 Å². The summed E-state index contributed by atoms with van der Waals surface area (Å²) in [6, 6.07) is 7.09. The SMILES string of the molecule is CNCC1COCCN1C(=O)c1ccc(Cl)cc1. The van der Waals surface area contributed by atoms with E-state index >= 15 is 0 Å². The number of likely N-dealkylation sites (N-methyl/N-ethyl adjacent to an activating group) is 1. The minimum absolute atomic E-state index is 0.0372. The first-order chi connectivity index (χ1) is 8.72. The second-order valence-electron chi connectivity index (χ2n) is 4.29. The van der Waals surface area contributed by atoms with Crippen LogP contribution in [0, 0.1) is 0 Å². The number of amides is 1. The number of halogens is 1. The first-order valence-electron chi connectivity index (χ1n) is 6.01. The number of morpholine rings is 1. The lowest BCUT2D eigenvalue weighted by molar-refractivity contribution is -0.000974. The van der Waals surface area contributed by atoms with Gasteiger partial charge in [-0.25, -0.2) is 0 Å². The lowest BCUT2D eigenvalue weighted by atomic mass is 10.1. The largest absolute Gasteiger partial charge is 0.377 e. The van der Waals surface area contributed by atoms with Gasteiger partial charge < -0.3 is 15.0 Å². The molecular weight excluding hydrogens is 252 g/mol. The highest BCUT2D eigenvalue weighted by Crippen LogP contribution is 2.15. The Morgan fingerprint density at radius 2 is 2.22 bits per heavy atom. The fraction of sp³-hybridized carbons (Fsp3) is 0.462. The van der Waals surface area contributed by atoms with Crippen molar-refractivity contribution in [3.05, 3.63) is 34.9 Å². The second-order valence-corrected chi connectivity index (χ2v) is 4.73. The fourth-order valence-corrected chi connectivity index (χ4v) is 2.21. The molecule has 0 aromatic heterocycles. The predicted molar refractivity (Wildman–Crippen MR) is 71.0 cm³/mol. The quantitative estimate of drug-likeness (QED) is 0.901. The van der Waals surface area contributed by atoms with Crippen LogP contribution in [0.3, 0.4) is 0 Å². The number of carbonyl (C=O) groups is 1. The average Bonchev–Trinajstić information content (AvgIpc) is 2.40. The monoisotopic (exact) mass is 268 g/mol. The van der Waals surface area contributed by atoms with E-state index in [1.807, 2.05) is 11.9 Å². The molecule has 1 atom stereocenters. The van der Waals surface area contributed by atoms with Crippen LogP contribution in [0.2, 0.25) is 5.02 Å². The zero-order valence-electron chi connectivity index (χ0n) is 10.4. The maximum Gasteiger partial charge on any atom is 0.254 e. The van der Waals surface area contributed by atoms with Crippen LogP contribution in [0.4, 0.5) is 0 Å². The topological polar surface area (TPSA) is 41.6 Å². The zero-order valence-corrected chi connectivity index (χ0v) is 11.1. The molecule has 1 amide bonds. The number of hydrogen-bond acceptors (Lipinski definition) is 3. The van der Waals surface area contributed by atoms with E-state index < -0.39 is 0 Å². The van der Waals surface area contributed by atoms with Crippen molar-refractivity contribution < 1.29 is 9.53 Å². The summed E-state index contributed by atoms with van der Waals surface area (Å²) in [6.07, 6.45) is 0. The number of nitrogens with zero attached hydrogens (tertiary/aromatic N) is 1. The molecular formula is C13H17ClN2O2. The van der Waals surface area contributed by atoms with Gasteiger partial charge in [-0.1, -0.05) is 11.6 Å². The van der Waals surface area contributed by atoms with Crippen molar-refractivity contribution in [2.45, 2.75) is 6.04 Å². The van der Waals surface area contributed by atoms with Gasteiger partial charge in [-0.05, 0) is 31.3 Å². The van der Waals surface area contributed by atoms with E-state index in [1.54, 1.807) is 24.3 Å². The molecule has 1 saturated heterocycles. The number of rotatable bonds is 3. The van der Waals surface area contributed by atoms with Crippen LogP contribution in [0.15, 0.2) is 24.3 Å². The minimum Gasteiger partial charge on any atom is -0.377 e. The molecule has 0 radical (unpaired) electrons. The third-order valence-electron chi connectivity index (χ3n) is 3.02. The minimum atomic E-state index is 0.0372. The molecule has 1 N–H and O–H groups in total. The van der Waals surface area contributed by atoms with Gasteiger partial charge in [-0.3, -0.25) is 4.79 Å². The van der Waals surface area contributed by atoms with Crippen LogP contribution in [0.5, 0.6) is 0 Å². The first-order valence-corrected chi connectivity index (χ1v) is 6.39. The number of benzene rings is 1. The summed E-state index contributed by atoms with van der Waals surface area (Å²) >= 11 is 5.83. The summed E-state index contributed by atoms with van der Waals surface area (Å²) in [7, 11) is 1.87. The molecule has 1 unspecified atom stereocenters. The summed E-state index contributed by atoms with van der Waals surface area (Å²) in [5.74, 6) is 0.0372. The molecule has 2 rings (SSSR count). The van der Waals surface area contributed by atoms with E-state index in [4.69, 9.17) is 16.3 Å². The Bertz CT molecular complexity index is 406. The smallest absolute Gasteiger partial charge is 0.254 e. The number of hydrogen-bond donors (Lipinski definition) is 1. The molecule has 1 heterocycles. The molecule has 5 heteroatoms. The van der Waals surface area contributed by atoms with Crippen LogP contribution >= 0.6 is 11.6 Å². The zero-order chi connectivity index (χ0) is 13.0. The van der Waals surface area contributed by atoms with Crippen molar-refractivity contribution in [1.82, 2.24) is 10.2 Å². The highest BCUT2D eigenvalue weighted by Gasteiger charge is 2.27. The lowest BCUT2D eigenvalue weighted by Crippen LogP contribution is -2.52. The third kappa shape index (κ3) is 3.02. The summed E-state index contributed by atoms with van der Waals surface area (Å²) in [5.41, 5.74) is 0.669. The standard InChI is InChI=1S/C13H17ClN2O2/c1-15-8-12-9-18-7-6-16(12)13(17)10-2-4-11(14)5-3-10/h2-5,12,15H,6-9H2,1H3. The summed E-state index contributed by atoms with van der Waals surface area (Å²) in [4.78, 5) is 14.3. The van der Waals surface area contributed by atoms with E-state index in [0.717, 1.165) is 6.54 Å². The summed E-state index contributed by atoms with van der Waals surface area (Å²) in [6.45, 7) is 2.55. The van der Waals surface area contributed by atoms with Crippen molar-refractivity contribution >= 4 is 17.5 Å². The number of ether oxygens (including phenoxy) is 1. The van der Waals surface area contributed by atoms with E-state index in [9.17, 15) is 4.79 Å². The Morgan fingerprint density at radius 3 is 2.89 bits per heavy atom. The van der Waals surface area contributed by atoms with Crippen molar-refractivity contribution in [3.63, 3.8) is 0 Å². The van der Waals surface area contributed by atoms with Gasteiger partial charge in [0, 0.05) is 23.7 Å². The molecule has 18 heavy (non-hydrogen) atoms. The molecule has 1 aliphatic heterocycles. The third-order valence-corrected chi connectivity index (χ3v) is 3.27. The molecule has 0 spiro atoms. The van der Waals surface area contributed by atoms with Crippen molar-refractivity contribution in [3.8, 4) is 0 Å². The van der Waals surface area contributed by atoms with Gasteiger partial charge in [0.05, 0.1) is 19.3 Å². The summed E-state index contributed by atoms with van der Waals surface area (Å²) < 4.78 is 5.42. The lowest BCUT2D eigenvalue weighted by Gasteiger charge is -2.35. The van der Waals surface area contributed by atoms with E-state index in [0.29, 0.717) is 30.3 Å². The second kappa shape index (κ2) is 6.18. The maximum absolute atomic E-state index is 12.4. The van der Waals surface area contributed by atoms with Crippen LogP contribution in [0.25, 0.3) is 0 Å². The molecule has 1 fully saturated rings. The van der Waals surface area contributed by atoms with Gasteiger partial charge in [0.25, 0.3) is 5.91 Å². The molecule has 1 aromatic rings. The Kier molecular flexibility index (Phi) is 4.58. The van der Waals surface area contributed by atoms with Gasteiger partial charge in [-0.2, -0.15) is 0 Å². The van der Waals surface area contributed by atoms with Crippen molar-refractivity contribution in [1.29, 1.82) is 0 Å². The Balaban J connectivity index is 2.12. The number of nitrogens with one attached hydrogen (secondary N) is 1. The van der Waals surface area contributed by atoms with Gasteiger partial charge >= 0.3 is 0 Å². The van der Waals surface area contributed by atoms with Gasteiger partial charge in [-0.15, -0.1) is 0 Å². The number of carbonyl (C=O) groups excluding carboxylic acids is 1. The predicted octanol–water partition coefficient (Wildman–Crippen LogP) is 1.40. The Morgan fingerprint density at radius 1 is 1.50 bits per heavy atom. The van der Waals surface area contributed by atoms with E-state index in [1.165, 1.54) is 0 Å². The average molecular weight is 269 g/mol. The maximum atomic E-state index is 12.4. The fourth-order valence-electron chi connectivity index (χ4n) is 2.09. The highest BCUT2D eigenvalue weighted by molar-refractivity contribution is 6.30. The first kappa shape index (κ1) is 13.3. The molecule has 1 aliphatic rings. The Labute approximate surface area is 112 Å². The van der Waals surface area contributed by atoms with E-state index in [-0.39, 0.29) is 11.9 Å². The molecule has 0 saturated carbocycles. The van der Waals surface area contributed by atoms with Crippen LogP contribution < -0.4 is 5.32 Å². The molecule has 0 aliphatic carbocycles. The molecule has 98 valence electrons. The van der Waals surface area contributed by atoms with Gasteiger partial charge in [0.2, 0.25) is 0 Å². The summed E-state index contributed by atoms with van der Waals surface area (Å²) in [5, 5.41) is 3.73. The van der Waals surface area contributed by atoms with Crippen molar-refractivity contribution in [2.24, 2.45) is 0 Å². The van der Waals surface area contributed by atoms with Gasteiger partial charge in [0.1, 0.15) is 0 Å². The van der Waals surface area contributed by atoms with Crippen LogP contribution in [0.1, 0.15) is 10.4 Å². The van der Waals surface area contributed by atoms with Crippen molar-refractivity contribution in [2.75, 3.05) is 33.4 Å². The van der Waals surface area contributed by atoms with E-state index in [2.05, 4.69) is 5.32 Å².